The van der Waals surface area contributed by atoms with E-state index < -0.39 is 11.2 Å². The molecule has 0 N–H and O–H groups in total. The van der Waals surface area contributed by atoms with Crippen LogP contribution in [0.25, 0.3) is 0 Å². The lowest BCUT2D eigenvalue weighted by Crippen LogP contribution is -2.24. The second-order valence-electron chi connectivity index (χ2n) is 7.55. The van der Waals surface area contributed by atoms with Gasteiger partial charge < -0.3 is 9.44 Å². The second-order valence-corrected chi connectivity index (χ2v) is 9.52. The van der Waals surface area contributed by atoms with E-state index in [9.17, 15) is 4.55 Å². The molecule has 0 saturated heterocycles. The number of rotatable bonds is 13. The molecule has 1 heterocycles. The first-order valence-electron chi connectivity index (χ1n) is 10.5. The highest BCUT2D eigenvalue weighted by molar-refractivity contribution is 7.91. The highest BCUT2D eigenvalue weighted by atomic mass is 32.2. The van der Waals surface area contributed by atoms with Crippen molar-refractivity contribution >= 4 is 11.2 Å². The van der Waals surface area contributed by atoms with Gasteiger partial charge in [-0.1, -0.05) is 57.1 Å². The smallest absolute Gasteiger partial charge is 0.171 e. The third-order valence-corrected chi connectivity index (χ3v) is 6.96. The van der Waals surface area contributed by atoms with Crippen LogP contribution in [0.3, 0.4) is 0 Å². The summed E-state index contributed by atoms with van der Waals surface area (Å²) in [5.74, 6) is 1.70. The monoisotopic (exact) mass is 380 g/mol. The molecule has 4 heteroatoms. The molecule has 2 unspecified atom stereocenters. The number of fused-ring (bicyclic) bond motifs is 1. The average molecular weight is 381 g/mol. The van der Waals surface area contributed by atoms with Crippen LogP contribution < -0.4 is 4.89 Å². The largest absolute Gasteiger partial charge is 0.616 e. The highest BCUT2D eigenvalue weighted by Crippen LogP contribution is 2.31. The van der Waals surface area contributed by atoms with E-state index in [2.05, 4.69) is 32.9 Å². The fourth-order valence-electron chi connectivity index (χ4n) is 3.48. The average Bonchev–Trinajstić information content (AvgIpc) is 3.09. The lowest BCUT2D eigenvalue weighted by molar-refractivity contribution is -0.194. The molecule has 1 aliphatic heterocycles. The Morgan fingerprint density at radius 2 is 1.73 bits per heavy atom. The zero-order valence-electron chi connectivity index (χ0n) is 16.9. The van der Waals surface area contributed by atoms with Gasteiger partial charge in [-0.15, -0.1) is 0 Å². The summed E-state index contributed by atoms with van der Waals surface area (Å²) in [4.78, 5) is 10.4. The minimum atomic E-state index is -0.747. The minimum absolute atomic E-state index is 0.201. The van der Waals surface area contributed by atoms with Crippen LogP contribution in [0.1, 0.15) is 88.8 Å². The van der Waals surface area contributed by atoms with Gasteiger partial charge in [0.25, 0.3) is 0 Å². The third kappa shape index (κ3) is 6.79. The normalized spacial score (nSPS) is 15.5. The first kappa shape index (κ1) is 21.6. The Balaban J connectivity index is 1.87. The van der Waals surface area contributed by atoms with Crippen LogP contribution >= 0.6 is 0 Å². The van der Waals surface area contributed by atoms with Crippen molar-refractivity contribution in [3.05, 3.63) is 28.8 Å². The zero-order valence-corrected chi connectivity index (χ0v) is 17.7. The molecule has 3 nitrogen and oxygen atoms in total. The maximum absolute atomic E-state index is 12.7. The van der Waals surface area contributed by atoms with Crippen LogP contribution in [0.5, 0.6) is 5.75 Å². The van der Waals surface area contributed by atoms with E-state index in [-0.39, 0.29) is 5.25 Å². The molecule has 0 fully saturated rings. The maximum atomic E-state index is 12.7. The van der Waals surface area contributed by atoms with Gasteiger partial charge in [0, 0.05) is 12.0 Å². The molecule has 1 aromatic rings. The van der Waals surface area contributed by atoms with Crippen LogP contribution in [-0.4, -0.2) is 15.6 Å². The molecule has 2 atom stereocenters. The lowest BCUT2D eigenvalue weighted by atomic mass is 9.96. The van der Waals surface area contributed by atoms with Crippen molar-refractivity contribution < 1.29 is 14.3 Å². The number of unbranched alkanes of at least 4 members (excludes halogenated alkanes) is 6. The first-order valence-corrected chi connectivity index (χ1v) is 11.8. The Labute approximate surface area is 163 Å². The van der Waals surface area contributed by atoms with E-state index in [0.717, 1.165) is 36.3 Å². The minimum Gasteiger partial charge on any atom is -0.616 e. The lowest BCUT2D eigenvalue weighted by Gasteiger charge is -2.20. The maximum Gasteiger partial charge on any atom is 0.171 e. The van der Waals surface area contributed by atoms with Crippen LogP contribution in [0, 0.1) is 0 Å². The molecule has 2 rings (SSSR count). The molecule has 0 aliphatic carbocycles. The summed E-state index contributed by atoms with van der Waals surface area (Å²) < 4.78 is 12.7. The van der Waals surface area contributed by atoms with Gasteiger partial charge in [-0.05, 0) is 55.9 Å². The number of hydrogen-bond acceptors (Lipinski definition) is 3. The summed E-state index contributed by atoms with van der Waals surface area (Å²) in [7, 11) is 0. The summed E-state index contributed by atoms with van der Waals surface area (Å²) >= 11 is -0.747. The molecule has 0 spiro atoms. The number of hydrogen-bond donors (Lipinski definition) is 0. The number of aryl methyl sites for hydroxylation is 1. The van der Waals surface area contributed by atoms with E-state index >= 15 is 0 Å². The highest BCUT2D eigenvalue weighted by Gasteiger charge is 2.22. The Hall–Kier alpha value is -0.710. The predicted octanol–water partition coefficient (Wildman–Crippen LogP) is 5.89. The molecule has 26 heavy (non-hydrogen) atoms. The van der Waals surface area contributed by atoms with Gasteiger partial charge in [-0.3, -0.25) is 0 Å². The summed E-state index contributed by atoms with van der Waals surface area (Å²) in [6, 6.07) is 4.35. The molecule has 0 aromatic heterocycles. The topological polar surface area (TPSA) is 41.5 Å². The Bertz CT molecular complexity index is 532. The van der Waals surface area contributed by atoms with Gasteiger partial charge in [0.15, 0.2) is 5.75 Å². The van der Waals surface area contributed by atoms with E-state index in [1.807, 2.05) is 0 Å². The van der Waals surface area contributed by atoms with Gasteiger partial charge >= 0.3 is 0 Å². The molecule has 1 aliphatic rings. The van der Waals surface area contributed by atoms with Crippen LogP contribution in [0.15, 0.2) is 12.1 Å². The van der Waals surface area contributed by atoms with E-state index in [1.165, 1.54) is 56.1 Å². The van der Waals surface area contributed by atoms with E-state index in [0.29, 0.717) is 6.61 Å². The quantitative estimate of drug-likeness (QED) is 0.243. The van der Waals surface area contributed by atoms with E-state index in [1.54, 1.807) is 0 Å². The SMILES string of the molecule is CCCCCCCC[S+]([O-])C(C)Cc1cc2c(cc1CCCC)OOC2. The molecule has 1 aromatic carbocycles. The fraction of sp³-hybridized carbons (Fsp3) is 0.727. The van der Waals surface area contributed by atoms with Gasteiger partial charge in [0.1, 0.15) is 17.6 Å². The van der Waals surface area contributed by atoms with Gasteiger partial charge in [-0.25, -0.2) is 0 Å². The third-order valence-electron chi connectivity index (χ3n) is 5.20. The molecule has 0 saturated carbocycles. The number of benzene rings is 1. The van der Waals surface area contributed by atoms with Crippen molar-refractivity contribution in [3.8, 4) is 5.75 Å². The molecule has 0 radical (unpaired) electrons. The van der Waals surface area contributed by atoms with Gasteiger partial charge in [-0.2, -0.15) is 4.89 Å². The molecular formula is C22H36O3S. The van der Waals surface area contributed by atoms with Gasteiger partial charge in [0.2, 0.25) is 0 Å². The first-order chi connectivity index (χ1) is 12.7. The molecule has 0 bridgehead atoms. The Morgan fingerprint density at radius 1 is 1.00 bits per heavy atom. The van der Waals surface area contributed by atoms with Crippen molar-refractivity contribution in [2.75, 3.05) is 5.75 Å². The van der Waals surface area contributed by atoms with Crippen molar-refractivity contribution in [1.29, 1.82) is 0 Å². The van der Waals surface area contributed by atoms with Crippen molar-refractivity contribution in [1.82, 2.24) is 0 Å². The van der Waals surface area contributed by atoms with E-state index in [4.69, 9.17) is 9.78 Å². The standard InChI is InChI=1S/C22H36O3S/c1-4-6-8-9-10-11-13-26(23)18(3)14-20-15-21-17-24-25-22(21)16-19(20)12-7-5-2/h15-16,18H,4-14,17H2,1-3H3. The van der Waals surface area contributed by atoms with Crippen LogP contribution in [-0.2, 0) is 35.5 Å². The fourth-order valence-corrected chi connectivity index (χ4v) is 4.74. The van der Waals surface area contributed by atoms with Crippen molar-refractivity contribution in [2.24, 2.45) is 0 Å². The van der Waals surface area contributed by atoms with Crippen LogP contribution in [0.2, 0.25) is 0 Å². The molecular weight excluding hydrogens is 344 g/mol. The molecule has 0 amide bonds. The summed E-state index contributed by atoms with van der Waals surface area (Å²) in [5, 5.41) is 0.201. The summed E-state index contributed by atoms with van der Waals surface area (Å²) in [6.45, 7) is 7.11. The predicted molar refractivity (Wildman–Crippen MR) is 110 cm³/mol. The van der Waals surface area contributed by atoms with Crippen LogP contribution in [0.4, 0.5) is 0 Å². The molecule has 148 valence electrons. The zero-order chi connectivity index (χ0) is 18.8. The van der Waals surface area contributed by atoms with Gasteiger partial charge in [0.05, 0.1) is 0 Å². The van der Waals surface area contributed by atoms with Crippen molar-refractivity contribution in [2.45, 2.75) is 96.8 Å². The van der Waals surface area contributed by atoms with Crippen molar-refractivity contribution in [3.63, 3.8) is 0 Å². The Kier molecular flexibility index (Phi) is 9.87. The summed E-state index contributed by atoms with van der Waals surface area (Å²) in [5.41, 5.74) is 3.78. The Morgan fingerprint density at radius 3 is 2.50 bits per heavy atom. The second kappa shape index (κ2) is 11.9. The summed E-state index contributed by atoms with van der Waals surface area (Å²) in [6.07, 6.45) is 11.8.